The van der Waals surface area contributed by atoms with Crippen LogP contribution in [0.15, 0.2) is 41.3 Å². The molecule has 0 aromatic heterocycles. The van der Waals surface area contributed by atoms with E-state index in [4.69, 9.17) is 16.3 Å². The van der Waals surface area contributed by atoms with Crippen LogP contribution in [0.4, 0.5) is 4.39 Å². The van der Waals surface area contributed by atoms with Crippen molar-refractivity contribution in [2.75, 3.05) is 19.7 Å². The van der Waals surface area contributed by atoms with Gasteiger partial charge < -0.3 is 10.1 Å². The predicted molar refractivity (Wildman–Crippen MR) is 139 cm³/mol. The van der Waals surface area contributed by atoms with Crippen LogP contribution in [0.3, 0.4) is 0 Å². The summed E-state index contributed by atoms with van der Waals surface area (Å²) < 4.78 is 46.4. The van der Waals surface area contributed by atoms with Crippen molar-refractivity contribution < 1.29 is 27.1 Å². The van der Waals surface area contributed by atoms with Crippen LogP contribution in [0.1, 0.15) is 50.7 Å². The molecule has 3 rings (SSSR count). The van der Waals surface area contributed by atoms with E-state index in [0.29, 0.717) is 26.1 Å². The van der Waals surface area contributed by atoms with Gasteiger partial charge in [0.15, 0.2) is 0 Å². The molecule has 37 heavy (non-hydrogen) atoms. The predicted octanol–water partition coefficient (Wildman–Crippen LogP) is 3.81. The van der Waals surface area contributed by atoms with Crippen molar-refractivity contribution in [3.63, 3.8) is 0 Å². The molecule has 0 fully saturated rings. The van der Waals surface area contributed by atoms with Gasteiger partial charge in [0.2, 0.25) is 11.8 Å². The van der Waals surface area contributed by atoms with Crippen molar-refractivity contribution >= 4 is 33.4 Å². The third kappa shape index (κ3) is 8.69. The van der Waals surface area contributed by atoms with Crippen LogP contribution < -0.4 is 14.8 Å². The van der Waals surface area contributed by atoms with Gasteiger partial charge in [-0.25, -0.2) is 17.5 Å². The second-order valence-corrected chi connectivity index (χ2v) is 11.4. The first-order valence-electron chi connectivity index (χ1n) is 12.3. The van der Waals surface area contributed by atoms with Crippen LogP contribution in [0.25, 0.3) is 0 Å². The number of nitrogens with one attached hydrogen (secondary N) is 2. The van der Waals surface area contributed by atoms with Gasteiger partial charge in [0.05, 0.1) is 23.1 Å². The van der Waals surface area contributed by atoms with Crippen LogP contribution in [0.2, 0.25) is 5.02 Å². The van der Waals surface area contributed by atoms with Gasteiger partial charge in [-0.2, -0.15) is 0 Å². The Kier molecular flexibility index (Phi) is 10.3. The molecule has 0 spiro atoms. The SMILES string of the molecule is CC(C)N1CC(=O)NCCCCCOc2ccc(CCC(=O)NS(=O)(=O)c3ccc(F)c(Cl)c3)cc2C1. The van der Waals surface area contributed by atoms with E-state index in [0.717, 1.165) is 54.3 Å². The van der Waals surface area contributed by atoms with E-state index in [1.54, 1.807) is 0 Å². The molecule has 0 atom stereocenters. The average molecular weight is 554 g/mol. The highest BCUT2D eigenvalue weighted by Crippen LogP contribution is 2.25. The number of amides is 2. The second-order valence-electron chi connectivity index (χ2n) is 9.30. The Bertz CT molecular complexity index is 1220. The molecule has 0 radical (unpaired) electrons. The minimum atomic E-state index is -4.18. The summed E-state index contributed by atoms with van der Waals surface area (Å²) in [6.07, 6.45) is 2.93. The molecular formula is C26H33ClFN3O5S. The van der Waals surface area contributed by atoms with E-state index < -0.39 is 21.7 Å². The van der Waals surface area contributed by atoms with Gasteiger partial charge in [0.1, 0.15) is 11.6 Å². The van der Waals surface area contributed by atoms with Crippen LogP contribution >= 0.6 is 11.6 Å². The molecule has 2 amide bonds. The molecular weight excluding hydrogens is 521 g/mol. The van der Waals surface area contributed by atoms with Gasteiger partial charge in [0, 0.05) is 31.1 Å². The van der Waals surface area contributed by atoms with Crippen molar-refractivity contribution in [3.05, 3.63) is 58.4 Å². The van der Waals surface area contributed by atoms with Crippen molar-refractivity contribution in [2.24, 2.45) is 0 Å². The van der Waals surface area contributed by atoms with E-state index in [9.17, 15) is 22.4 Å². The van der Waals surface area contributed by atoms with E-state index >= 15 is 0 Å². The van der Waals surface area contributed by atoms with E-state index in [1.165, 1.54) is 0 Å². The minimum absolute atomic E-state index is 0.0214. The van der Waals surface area contributed by atoms with E-state index in [2.05, 4.69) is 5.32 Å². The average Bonchev–Trinajstić information content (AvgIpc) is 2.85. The fraction of sp³-hybridized carbons (Fsp3) is 0.462. The fourth-order valence-corrected chi connectivity index (χ4v) is 5.19. The molecule has 11 heteroatoms. The maximum absolute atomic E-state index is 13.4. The van der Waals surface area contributed by atoms with Crippen LogP contribution in [0.5, 0.6) is 5.75 Å². The first kappa shape index (κ1) is 28.9. The molecule has 8 nitrogen and oxygen atoms in total. The number of rotatable bonds is 6. The number of hydrogen-bond acceptors (Lipinski definition) is 6. The lowest BCUT2D eigenvalue weighted by Crippen LogP contribution is -2.40. The summed E-state index contributed by atoms with van der Waals surface area (Å²) in [6.45, 7) is 6.00. The third-order valence-electron chi connectivity index (χ3n) is 6.07. The fourth-order valence-electron chi connectivity index (χ4n) is 3.91. The number of carbonyl (C=O) groups is 2. The lowest BCUT2D eigenvalue weighted by atomic mass is 10.0. The Labute approximate surface area is 222 Å². The minimum Gasteiger partial charge on any atom is -0.493 e. The lowest BCUT2D eigenvalue weighted by molar-refractivity contribution is -0.123. The summed E-state index contributed by atoms with van der Waals surface area (Å²) in [4.78, 5) is 26.6. The summed E-state index contributed by atoms with van der Waals surface area (Å²) in [5, 5.41) is 2.62. The number of nitrogens with zero attached hydrogens (tertiary/aromatic N) is 1. The molecule has 0 saturated heterocycles. The summed E-state index contributed by atoms with van der Waals surface area (Å²) in [5.74, 6) is -0.734. The smallest absolute Gasteiger partial charge is 0.264 e. The first-order chi connectivity index (χ1) is 17.5. The normalized spacial score (nSPS) is 16.0. The Morgan fingerprint density at radius 1 is 1.16 bits per heavy atom. The van der Waals surface area contributed by atoms with Crippen molar-refractivity contribution in [2.45, 2.75) is 63.4 Å². The number of halogens is 2. The zero-order valence-corrected chi connectivity index (χ0v) is 22.6. The number of aryl methyl sites for hydroxylation is 1. The summed E-state index contributed by atoms with van der Waals surface area (Å²) in [5.41, 5.74) is 1.73. The Morgan fingerprint density at radius 3 is 2.68 bits per heavy atom. The largest absolute Gasteiger partial charge is 0.493 e. The number of ether oxygens (including phenoxy) is 1. The zero-order valence-electron chi connectivity index (χ0n) is 21.1. The summed E-state index contributed by atoms with van der Waals surface area (Å²) in [6, 6.07) is 8.69. The molecule has 2 N–H and O–H groups in total. The molecule has 1 heterocycles. The van der Waals surface area contributed by atoms with Gasteiger partial charge >= 0.3 is 0 Å². The maximum Gasteiger partial charge on any atom is 0.264 e. The van der Waals surface area contributed by atoms with Crippen molar-refractivity contribution in [3.8, 4) is 5.75 Å². The molecule has 1 aliphatic heterocycles. The zero-order chi connectivity index (χ0) is 27.0. The van der Waals surface area contributed by atoms with Gasteiger partial charge in [0.25, 0.3) is 10.0 Å². The van der Waals surface area contributed by atoms with Crippen molar-refractivity contribution in [1.29, 1.82) is 0 Å². The van der Waals surface area contributed by atoms with Gasteiger partial charge in [-0.15, -0.1) is 0 Å². The molecule has 202 valence electrons. The number of benzene rings is 2. The third-order valence-corrected chi connectivity index (χ3v) is 7.73. The van der Waals surface area contributed by atoms with Crippen LogP contribution in [-0.2, 0) is 32.6 Å². The topological polar surface area (TPSA) is 105 Å². The summed E-state index contributed by atoms with van der Waals surface area (Å²) >= 11 is 5.67. The van der Waals surface area contributed by atoms with Crippen LogP contribution in [-0.4, -0.2) is 50.9 Å². The highest BCUT2D eigenvalue weighted by atomic mass is 35.5. The highest BCUT2D eigenvalue weighted by molar-refractivity contribution is 7.90. The van der Waals surface area contributed by atoms with Crippen molar-refractivity contribution in [1.82, 2.24) is 14.9 Å². The van der Waals surface area contributed by atoms with Gasteiger partial charge in [-0.3, -0.25) is 14.5 Å². The molecule has 0 bridgehead atoms. The van der Waals surface area contributed by atoms with E-state index in [-0.39, 0.29) is 34.8 Å². The monoisotopic (exact) mass is 553 g/mol. The second kappa shape index (κ2) is 13.2. The number of hydrogen-bond donors (Lipinski definition) is 2. The maximum atomic E-state index is 13.4. The van der Waals surface area contributed by atoms with Gasteiger partial charge in [-0.05, 0) is 69.4 Å². The quantitative estimate of drug-likeness (QED) is 0.564. The molecule has 2 aromatic rings. The van der Waals surface area contributed by atoms with E-state index in [1.807, 2.05) is 41.7 Å². The number of fused-ring (bicyclic) bond motifs is 1. The molecule has 0 unspecified atom stereocenters. The lowest BCUT2D eigenvalue weighted by Gasteiger charge is -2.27. The Hall–Kier alpha value is -2.69. The van der Waals surface area contributed by atoms with Gasteiger partial charge in [-0.1, -0.05) is 23.7 Å². The number of carbonyl (C=O) groups excluding carboxylic acids is 2. The summed E-state index contributed by atoms with van der Waals surface area (Å²) in [7, 11) is -4.18. The Morgan fingerprint density at radius 2 is 1.95 bits per heavy atom. The van der Waals surface area contributed by atoms with Crippen LogP contribution in [0, 0.1) is 5.82 Å². The molecule has 0 saturated carbocycles. The first-order valence-corrected chi connectivity index (χ1v) is 14.2. The molecule has 1 aliphatic rings. The molecule has 2 aromatic carbocycles. The highest BCUT2D eigenvalue weighted by Gasteiger charge is 2.20. The number of sulfonamides is 1. The standard InChI is InChI=1S/C26H33ClFN3O5S/c1-18(2)31-16-20-14-19(6-10-24(20)36-13-5-3-4-12-29-26(33)17-31)7-11-25(32)30-37(34,35)21-8-9-23(28)22(27)15-21/h6,8-10,14-15,18H,3-5,7,11-13,16-17H2,1-2H3,(H,29,33)(H,30,32). The molecule has 0 aliphatic carbocycles. The Balaban J connectivity index is 1.71.